The first-order valence-corrected chi connectivity index (χ1v) is 6.28. The molecule has 0 saturated carbocycles. The third kappa shape index (κ3) is 4.31. The zero-order chi connectivity index (χ0) is 12.0. The minimum absolute atomic E-state index is 0.188. The lowest BCUT2D eigenvalue weighted by atomic mass is 10.1. The minimum Gasteiger partial charge on any atom is -0.270 e. The molecule has 1 rings (SSSR count). The quantitative estimate of drug-likeness (QED) is 0.341. The molecule has 86 valence electrons. The highest BCUT2D eigenvalue weighted by atomic mass is 32.2. The monoisotopic (exact) mass is 241 g/mol. The molecule has 0 radical (unpaired) electrons. The molecule has 1 aromatic carbocycles. The Morgan fingerprint density at radius 3 is 2.56 bits per heavy atom. The van der Waals surface area contributed by atoms with Crippen LogP contribution in [0.15, 0.2) is 35.4 Å². The fourth-order valence-corrected chi connectivity index (χ4v) is 1.50. The third-order valence-corrected chi connectivity index (χ3v) is 2.38. The second-order valence-electron chi connectivity index (χ2n) is 3.12. The summed E-state index contributed by atoms with van der Waals surface area (Å²) in [5.74, 6) is 0. The summed E-state index contributed by atoms with van der Waals surface area (Å²) in [4.78, 5) is 2.66. The molecule has 0 aliphatic heterocycles. The Morgan fingerprint density at radius 2 is 2.06 bits per heavy atom. The molecule has 0 aliphatic rings. The van der Waals surface area contributed by atoms with E-state index in [1.807, 2.05) is 6.07 Å². The Labute approximate surface area is 93.6 Å². The molecule has 0 aliphatic carbocycles. The van der Waals surface area contributed by atoms with Crippen LogP contribution in [0, 0.1) is 0 Å². The van der Waals surface area contributed by atoms with E-state index in [4.69, 9.17) is 5.53 Å². The summed E-state index contributed by atoms with van der Waals surface area (Å²) in [5, 5.41) is 3.49. The molecule has 1 aromatic rings. The highest BCUT2D eigenvalue weighted by Gasteiger charge is 2.12. The van der Waals surface area contributed by atoms with Gasteiger partial charge in [0.2, 0.25) is 0 Å². The summed E-state index contributed by atoms with van der Waals surface area (Å²) in [7, 11) is -3.53. The molecule has 6 nitrogen and oxygen atoms in total. The maximum Gasteiger partial charge on any atom is 0.264 e. The van der Waals surface area contributed by atoms with Crippen LogP contribution in [0.2, 0.25) is 0 Å². The van der Waals surface area contributed by atoms with E-state index in [1.54, 1.807) is 24.3 Å². The minimum atomic E-state index is -3.53. The Hall–Kier alpha value is -1.56. The Balaban J connectivity index is 2.81. The van der Waals surface area contributed by atoms with Crippen molar-refractivity contribution in [2.45, 2.75) is 6.04 Å². The van der Waals surface area contributed by atoms with E-state index in [2.05, 4.69) is 14.2 Å². The van der Waals surface area contributed by atoms with Gasteiger partial charge in [0, 0.05) is 4.91 Å². The van der Waals surface area contributed by atoms with Crippen molar-refractivity contribution in [3.8, 4) is 0 Å². The van der Waals surface area contributed by atoms with E-state index in [0.29, 0.717) is 5.56 Å². The SMILES string of the molecule is CS(=O)(=O)OC[C@H](N=[N+]=[N-])c1ccccc1. The third-order valence-electron chi connectivity index (χ3n) is 1.82. The van der Waals surface area contributed by atoms with Crippen LogP contribution < -0.4 is 0 Å². The van der Waals surface area contributed by atoms with Gasteiger partial charge in [0.1, 0.15) is 0 Å². The van der Waals surface area contributed by atoms with Gasteiger partial charge in [-0.3, -0.25) is 4.18 Å². The second kappa shape index (κ2) is 5.50. The first kappa shape index (κ1) is 12.5. The molecule has 0 amide bonds. The van der Waals surface area contributed by atoms with Gasteiger partial charge in [-0.2, -0.15) is 8.42 Å². The van der Waals surface area contributed by atoms with Gasteiger partial charge >= 0.3 is 0 Å². The van der Waals surface area contributed by atoms with Crippen LogP contribution >= 0.6 is 0 Å². The van der Waals surface area contributed by atoms with Crippen LogP contribution in [0.25, 0.3) is 10.4 Å². The molecule has 0 unspecified atom stereocenters. The van der Waals surface area contributed by atoms with Crippen molar-refractivity contribution in [2.75, 3.05) is 12.9 Å². The van der Waals surface area contributed by atoms with Crippen LogP contribution in [0.1, 0.15) is 11.6 Å². The Bertz CT molecular complexity index is 480. The molecule has 16 heavy (non-hydrogen) atoms. The first-order chi connectivity index (χ1) is 7.53. The molecule has 0 saturated heterocycles. The van der Waals surface area contributed by atoms with Crippen molar-refractivity contribution >= 4 is 10.1 Å². The van der Waals surface area contributed by atoms with E-state index in [0.717, 1.165) is 6.26 Å². The van der Waals surface area contributed by atoms with Gasteiger partial charge in [0.05, 0.1) is 18.9 Å². The van der Waals surface area contributed by atoms with E-state index in [1.165, 1.54) is 0 Å². The number of rotatable bonds is 5. The van der Waals surface area contributed by atoms with Gasteiger partial charge in [0.15, 0.2) is 0 Å². The number of benzene rings is 1. The molecule has 0 spiro atoms. The predicted molar refractivity (Wildman–Crippen MR) is 59.1 cm³/mol. The molecule has 7 heteroatoms. The molecule has 1 atom stereocenters. The number of nitrogens with zero attached hydrogens (tertiary/aromatic N) is 3. The van der Waals surface area contributed by atoms with Gasteiger partial charge in [0.25, 0.3) is 10.1 Å². The fourth-order valence-electron chi connectivity index (χ4n) is 1.12. The van der Waals surface area contributed by atoms with Crippen LogP contribution in [0.3, 0.4) is 0 Å². The highest BCUT2D eigenvalue weighted by Crippen LogP contribution is 2.18. The first-order valence-electron chi connectivity index (χ1n) is 4.46. The average molecular weight is 241 g/mol. The van der Waals surface area contributed by atoms with Crippen LogP contribution in [0.4, 0.5) is 0 Å². The van der Waals surface area contributed by atoms with Crippen LogP contribution in [-0.4, -0.2) is 21.3 Å². The number of azide groups is 1. The summed E-state index contributed by atoms with van der Waals surface area (Å²) in [6.07, 6.45) is 0.950. The average Bonchev–Trinajstić information content (AvgIpc) is 2.24. The molecular formula is C9H11N3O3S. The Kier molecular flexibility index (Phi) is 4.30. The van der Waals surface area contributed by atoms with Crippen molar-refractivity contribution < 1.29 is 12.6 Å². The van der Waals surface area contributed by atoms with Gasteiger partial charge in [-0.25, -0.2) is 0 Å². The largest absolute Gasteiger partial charge is 0.270 e. The topological polar surface area (TPSA) is 92.1 Å². The van der Waals surface area contributed by atoms with Crippen molar-refractivity contribution in [3.05, 3.63) is 46.3 Å². The van der Waals surface area contributed by atoms with Gasteiger partial charge < -0.3 is 0 Å². The van der Waals surface area contributed by atoms with E-state index in [9.17, 15) is 8.42 Å². The zero-order valence-corrected chi connectivity index (χ0v) is 9.46. The lowest BCUT2D eigenvalue weighted by Gasteiger charge is -2.10. The molecule has 0 fully saturated rings. The maximum atomic E-state index is 10.8. The summed E-state index contributed by atoms with van der Waals surface area (Å²) in [6, 6.07) is 8.20. The smallest absolute Gasteiger partial charge is 0.264 e. The number of hydrogen-bond donors (Lipinski definition) is 0. The van der Waals surface area contributed by atoms with Crippen LogP contribution in [-0.2, 0) is 14.3 Å². The van der Waals surface area contributed by atoms with Crippen molar-refractivity contribution in [2.24, 2.45) is 5.11 Å². The fraction of sp³-hybridized carbons (Fsp3) is 0.333. The molecular weight excluding hydrogens is 230 g/mol. The predicted octanol–water partition coefficient (Wildman–Crippen LogP) is 2.01. The summed E-state index contributed by atoms with van der Waals surface area (Å²) >= 11 is 0. The molecule has 0 N–H and O–H groups in total. The number of hydrogen-bond acceptors (Lipinski definition) is 4. The van der Waals surface area contributed by atoms with Crippen molar-refractivity contribution in [1.82, 2.24) is 0 Å². The van der Waals surface area contributed by atoms with E-state index < -0.39 is 16.2 Å². The van der Waals surface area contributed by atoms with Gasteiger partial charge in [-0.05, 0) is 11.1 Å². The second-order valence-corrected chi connectivity index (χ2v) is 4.76. The normalized spacial score (nSPS) is 12.8. The van der Waals surface area contributed by atoms with Crippen molar-refractivity contribution in [1.29, 1.82) is 0 Å². The molecule has 0 bridgehead atoms. The molecule has 0 aromatic heterocycles. The summed E-state index contributed by atoms with van der Waals surface area (Å²) in [5.41, 5.74) is 9.09. The Morgan fingerprint density at radius 1 is 1.44 bits per heavy atom. The highest BCUT2D eigenvalue weighted by molar-refractivity contribution is 7.85. The van der Waals surface area contributed by atoms with E-state index in [-0.39, 0.29) is 6.61 Å². The standard InChI is InChI=1S/C9H11N3O3S/c1-16(13,14)15-7-9(11-12-10)8-5-3-2-4-6-8/h2-6,9H,7H2,1H3/t9-/m0/s1. The van der Waals surface area contributed by atoms with Crippen molar-refractivity contribution in [3.63, 3.8) is 0 Å². The van der Waals surface area contributed by atoms with Crippen LogP contribution in [0.5, 0.6) is 0 Å². The van der Waals surface area contributed by atoms with Gasteiger partial charge in [-0.15, -0.1) is 0 Å². The lowest BCUT2D eigenvalue weighted by Crippen LogP contribution is -2.10. The summed E-state index contributed by atoms with van der Waals surface area (Å²) in [6.45, 7) is -0.188. The molecule has 0 heterocycles. The van der Waals surface area contributed by atoms with E-state index >= 15 is 0 Å². The zero-order valence-electron chi connectivity index (χ0n) is 8.65. The maximum absolute atomic E-state index is 10.8. The lowest BCUT2D eigenvalue weighted by molar-refractivity contribution is 0.296. The van der Waals surface area contributed by atoms with Gasteiger partial charge in [-0.1, -0.05) is 35.4 Å². The summed E-state index contributed by atoms with van der Waals surface area (Å²) < 4.78 is 26.2.